The van der Waals surface area contributed by atoms with E-state index in [4.69, 9.17) is 4.74 Å². The molecular formula is C29H46O4. The van der Waals surface area contributed by atoms with Gasteiger partial charge in [0.25, 0.3) is 0 Å². The van der Waals surface area contributed by atoms with E-state index < -0.39 is 17.1 Å². The van der Waals surface area contributed by atoms with Crippen molar-refractivity contribution in [2.75, 3.05) is 6.61 Å². The van der Waals surface area contributed by atoms with Gasteiger partial charge < -0.3 is 14.9 Å². The normalized spacial score (nSPS) is 55.0. The van der Waals surface area contributed by atoms with Gasteiger partial charge in [0, 0.05) is 12.0 Å². The number of esters is 1. The van der Waals surface area contributed by atoms with E-state index in [1.165, 1.54) is 5.57 Å². The summed E-state index contributed by atoms with van der Waals surface area (Å²) in [6, 6.07) is 0. The number of cyclic esters (lactones) is 1. The number of rotatable bonds is 2. The fourth-order valence-electron chi connectivity index (χ4n) is 10.9. The number of fused-ring (bicyclic) bond motifs is 7. The van der Waals surface area contributed by atoms with Crippen LogP contribution in [-0.2, 0) is 9.53 Å². The first-order valence-electron chi connectivity index (χ1n) is 13.4. The average Bonchev–Trinajstić information content (AvgIpc) is 3.14. The lowest BCUT2D eigenvalue weighted by molar-refractivity contribution is -0.308. The Kier molecular flexibility index (Phi) is 5.13. The minimum absolute atomic E-state index is 0.0555. The van der Waals surface area contributed by atoms with Crippen LogP contribution in [0.25, 0.3) is 0 Å². The fraction of sp³-hybridized carbons (Fsp3) is 0.897. The SMILES string of the molecule is C=C(C)[C@@H]1CC[C@]2(CO)CC[C@]3(C)C(CC[C@@H]4[C@]5(C)C(CC[C@]43C)C(C)(C)C(=O)O[C@@H]5O)C12. The zero-order valence-corrected chi connectivity index (χ0v) is 21.7. The Labute approximate surface area is 200 Å². The molecule has 4 saturated carbocycles. The molecule has 0 aromatic rings. The van der Waals surface area contributed by atoms with Crippen LogP contribution in [0.1, 0.15) is 92.9 Å². The lowest BCUT2D eigenvalue weighted by Gasteiger charge is -2.72. The summed E-state index contributed by atoms with van der Waals surface area (Å²) in [6.07, 6.45) is 7.77. The molecule has 0 amide bonds. The first-order chi connectivity index (χ1) is 15.3. The predicted molar refractivity (Wildman–Crippen MR) is 129 cm³/mol. The second-order valence-corrected chi connectivity index (χ2v) is 14.0. The van der Waals surface area contributed by atoms with Crippen LogP contribution >= 0.6 is 0 Å². The number of carbonyl (C=O) groups is 1. The highest BCUT2D eigenvalue weighted by atomic mass is 16.6. The molecule has 1 heterocycles. The first kappa shape index (κ1) is 23.9. The molecule has 0 radical (unpaired) electrons. The number of aliphatic hydroxyl groups excluding tert-OH is 2. The molecule has 5 fully saturated rings. The van der Waals surface area contributed by atoms with Crippen molar-refractivity contribution in [1.29, 1.82) is 0 Å². The van der Waals surface area contributed by atoms with Gasteiger partial charge in [-0.1, -0.05) is 32.9 Å². The van der Waals surface area contributed by atoms with E-state index in [9.17, 15) is 15.0 Å². The molecule has 0 spiro atoms. The summed E-state index contributed by atoms with van der Waals surface area (Å²) >= 11 is 0. The fourth-order valence-corrected chi connectivity index (χ4v) is 10.9. The summed E-state index contributed by atoms with van der Waals surface area (Å²) in [5.41, 5.74) is 0.580. The monoisotopic (exact) mass is 458 g/mol. The molecule has 0 aromatic carbocycles. The highest BCUT2D eigenvalue weighted by Crippen LogP contribution is 2.77. The lowest BCUT2D eigenvalue weighted by Crippen LogP contribution is -2.69. The van der Waals surface area contributed by atoms with Crippen molar-refractivity contribution in [2.45, 2.75) is 99.2 Å². The summed E-state index contributed by atoms with van der Waals surface area (Å²) < 4.78 is 5.66. The van der Waals surface area contributed by atoms with Gasteiger partial charge in [-0.25, -0.2) is 0 Å². The molecular weight excluding hydrogens is 412 g/mol. The van der Waals surface area contributed by atoms with Crippen molar-refractivity contribution in [3.05, 3.63) is 12.2 Å². The van der Waals surface area contributed by atoms with Gasteiger partial charge in [-0.15, -0.1) is 0 Å². The molecule has 0 bridgehead atoms. The standard InChI is InChI=1S/C29H46O4/c1-17(2)18-10-13-29(16-30)15-14-26(5)19(22(18)29)8-9-21-27(26,6)12-11-20-25(3,4)23(31)33-24(32)28(20,21)7/h18-22,24,30,32H,1,8-16H2,2-7H3/t18-,19?,20?,21-,22?,24-,26+,27+,28-,29+/m0/s1. The Morgan fingerprint density at radius 3 is 2.30 bits per heavy atom. The van der Waals surface area contributed by atoms with Gasteiger partial charge >= 0.3 is 5.97 Å². The topological polar surface area (TPSA) is 66.8 Å². The van der Waals surface area contributed by atoms with Crippen LogP contribution in [-0.4, -0.2) is 29.1 Å². The van der Waals surface area contributed by atoms with Crippen LogP contribution in [0.2, 0.25) is 0 Å². The minimum Gasteiger partial charge on any atom is -0.435 e. The number of ether oxygens (including phenoxy) is 1. The van der Waals surface area contributed by atoms with Gasteiger partial charge in [-0.2, -0.15) is 0 Å². The van der Waals surface area contributed by atoms with Crippen molar-refractivity contribution in [2.24, 2.45) is 56.7 Å². The zero-order chi connectivity index (χ0) is 24.2. The Hall–Kier alpha value is -0.870. The zero-order valence-electron chi connectivity index (χ0n) is 21.7. The largest absolute Gasteiger partial charge is 0.435 e. The molecule has 4 heteroatoms. The van der Waals surface area contributed by atoms with Crippen LogP contribution in [0, 0.1) is 56.7 Å². The van der Waals surface area contributed by atoms with Crippen molar-refractivity contribution >= 4 is 5.97 Å². The van der Waals surface area contributed by atoms with E-state index in [1.807, 2.05) is 13.8 Å². The number of allylic oxidation sites excluding steroid dienone is 1. The van der Waals surface area contributed by atoms with E-state index in [0.717, 1.165) is 51.4 Å². The molecule has 4 aliphatic carbocycles. The van der Waals surface area contributed by atoms with E-state index in [-0.39, 0.29) is 28.1 Å². The van der Waals surface area contributed by atoms with Gasteiger partial charge in [0.05, 0.1) is 5.41 Å². The van der Waals surface area contributed by atoms with E-state index >= 15 is 0 Å². The van der Waals surface area contributed by atoms with Crippen molar-refractivity contribution < 1.29 is 19.7 Å². The second kappa shape index (κ2) is 7.09. The molecule has 5 aliphatic rings. The molecule has 1 saturated heterocycles. The molecule has 33 heavy (non-hydrogen) atoms. The lowest BCUT2D eigenvalue weighted by atomic mass is 9.33. The number of aliphatic hydroxyl groups is 2. The maximum atomic E-state index is 12.7. The third-order valence-electron chi connectivity index (χ3n) is 12.9. The summed E-state index contributed by atoms with van der Waals surface area (Å²) in [5.74, 6) is 1.79. The van der Waals surface area contributed by atoms with Crippen LogP contribution < -0.4 is 0 Å². The summed E-state index contributed by atoms with van der Waals surface area (Å²) in [5, 5.41) is 21.9. The Bertz CT molecular complexity index is 864. The number of hydrogen-bond acceptors (Lipinski definition) is 4. The molecule has 0 aromatic heterocycles. The Morgan fingerprint density at radius 2 is 1.67 bits per heavy atom. The smallest absolute Gasteiger partial charge is 0.314 e. The van der Waals surface area contributed by atoms with Crippen LogP contribution in [0.5, 0.6) is 0 Å². The van der Waals surface area contributed by atoms with E-state index in [0.29, 0.717) is 30.3 Å². The van der Waals surface area contributed by atoms with Crippen molar-refractivity contribution in [3.63, 3.8) is 0 Å². The van der Waals surface area contributed by atoms with E-state index in [2.05, 4.69) is 34.3 Å². The third-order valence-corrected chi connectivity index (χ3v) is 12.9. The Balaban J connectivity index is 1.58. The first-order valence-corrected chi connectivity index (χ1v) is 13.4. The molecule has 186 valence electrons. The minimum atomic E-state index is -1.03. The number of carbonyl (C=O) groups excluding carboxylic acids is 1. The molecule has 4 nitrogen and oxygen atoms in total. The van der Waals surface area contributed by atoms with Gasteiger partial charge in [-0.3, -0.25) is 4.79 Å². The molecule has 3 unspecified atom stereocenters. The average molecular weight is 459 g/mol. The molecule has 10 atom stereocenters. The summed E-state index contributed by atoms with van der Waals surface area (Å²) in [6.45, 7) is 18.2. The summed E-state index contributed by atoms with van der Waals surface area (Å²) in [7, 11) is 0. The highest BCUT2D eigenvalue weighted by Gasteiger charge is 2.73. The van der Waals surface area contributed by atoms with Crippen LogP contribution in [0.4, 0.5) is 0 Å². The van der Waals surface area contributed by atoms with Crippen LogP contribution in [0.15, 0.2) is 12.2 Å². The maximum Gasteiger partial charge on any atom is 0.314 e. The number of hydrogen-bond donors (Lipinski definition) is 2. The van der Waals surface area contributed by atoms with Gasteiger partial charge in [0.2, 0.25) is 6.29 Å². The molecule has 1 aliphatic heterocycles. The Morgan fingerprint density at radius 1 is 0.970 bits per heavy atom. The van der Waals surface area contributed by atoms with Gasteiger partial charge in [0.1, 0.15) is 0 Å². The van der Waals surface area contributed by atoms with Crippen molar-refractivity contribution in [3.8, 4) is 0 Å². The molecule has 2 N–H and O–H groups in total. The highest BCUT2D eigenvalue weighted by molar-refractivity contribution is 5.77. The predicted octanol–water partition coefficient (Wildman–Crippen LogP) is 5.72. The van der Waals surface area contributed by atoms with Crippen LogP contribution in [0.3, 0.4) is 0 Å². The van der Waals surface area contributed by atoms with E-state index in [1.54, 1.807) is 0 Å². The van der Waals surface area contributed by atoms with Gasteiger partial charge in [-0.05, 0) is 118 Å². The third kappa shape index (κ3) is 2.69. The van der Waals surface area contributed by atoms with Gasteiger partial charge in [0.15, 0.2) is 0 Å². The molecule has 5 rings (SSSR count). The second-order valence-electron chi connectivity index (χ2n) is 14.0. The summed E-state index contributed by atoms with van der Waals surface area (Å²) in [4.78, 5) is 12.7. The maximum absolute atomic E-state index is 12.7. The quantitative estimate of drug-likeness (QED) is 0.410. The van der Waals surface area contributed by atoms with Crippen molar-refractivity contribution in [1.82, 2.24) is 0 Å².